The minimum absolute atomic E-state index is 0.643. The first-order valence-corrected chi connectivity index (χ1v) is 7.30. The first-order valence-electron chi connectivity index (χ1n) is 6.42. The van der Waals surface area contributed by atoms with Crippen LogP contribution in [0.1, 0.15) is 16.8 Å². The van der Waals surface area contributed by atoms with Gasteiger partial charge in [-0.05, 0) is 26.0 Å². The van der Waals surface area contributed by atoms with Gasteiger partial charge in [-0.1, -0.05) is 23.8 Å². The molecular weight excluding hydrogens is 254 g/mol. The molecule has 0 bridgehead atoms. The summed E-state index contributed by atoms with van der Waals surface area (Å²) in [5.74, 6) is 0. The number of rotatable bonds is 3. The van der Waals surface area contributed by atoms with Crippen molar-refractivity contribution < 1.29 is 0 Å². The molecule has 2 N–H and O–H groups in total. The van der Waals surface area contributed by atoms with Crippen molar-refractivity contribution in [2.24, 2.45) is 5.73 Å². The number of thiazole rings is 1. The molecule has 0 unspecified atom stereocenters. The van der Waals surface area contributed by atoms with E-state index in [0.717, 1.165) is 17.1 Å². The van der Waals surface area contributed by atoms with Crippen LogP contribution in [-0.2, 0) is 6.42 Å². The summed E-state index contributed by atoms with van der Waals surface area (Å²) in [5, 5.41) is 2.17. The van der Waals surface area contributed by atoms with Crippen molar-refractivity contribution in [3.8, 4) is 11.3 Å². The summed E-state index contributed by atoms with van der Waals surface area (Å²) < 4.78 is 2.17. The van der Waals surface area contributed by atoms with Gasteiger partial charge in [-0.15, -0.1) is 11.3 Å². The van der Waals surface area contributed by atoms with Gasteiger partial charge >= 0.3 is 0 Å². The molecule has 98 valence electrons. The topological polar surface area (TPSA) is 43.3 Å². The second-order valence-electron chi connectivity index (χ2n) is 4.86. The van der Waals surface area contributed by atoms with Crippen molar-refractivity contribution >= 4 is 16.3 Å². The first kappa shape index (κ1) is 12.4. The Bertz CT molecular complexity index is 724. The second-order valence-corrected chi connectivity index (χ2v) is 5.70. The molecule has 0 amide bonds. The number of imidazole rings is 1. The van der Waals surface area contributed by atoms with Crippen LogP contribution in [0.3, 0.4) is 0 Å². The van der Waals surface area contributed by atoms with Gasteiger partial charge in [0.15, 0.2) is 4.96 Å². The van der Waals surface area contributed by atoms with E-state index in [1.807, 2.05) is 0 Å². The average Bonchev–Trinajstić information content (AvgIpc) is 2.90. The smallest absolute Gasteiger partial charge is 0.194 e. The zero-order chi connectivity index (χ0) is 13.4. The summed E-state index contributed by atoms with van der Waals surface area (Å²) in [4.78, 5) is 5.64. The van der Waals surface area contributed by atoms with Crippen molar-refractivity contribution in [1.82, 2.24) is 9.38 Å². The van der Waals surface area contributed by atoms with Crippen molar-refractivity contribution in [1.29, 1.82) is 0 Å². The molecule has 0 saturated carbocycles. The number of nitrogens with zero attached hydrogens (tertiary/aromatic N) is 2. The molecule has 3 aromatic rings. The summed E-state index contributed by atoms with van der Waals surface area (Å²) in [5.41, 5.74) is 11.7. The highest BCUT2D eigenvalue weighted by Crippen LogP contribution is 2.29. The molecular formula is C15H17N3S. The summed E-state index contributed by atoms with van der Waals surface area (Å²) >= 11 is 1.68. The maximum Gasteiger partial charge on any atom is 0.194 e. The predicted molar refractivity (Wildman–Crippen MR) is 80.7 cm³/mol. The van der Waals surface area contributed by atoms with Crippen LogP contribution in [0.5, 0.6) is 0 Å². The highest BCUT2D eigenvalue weighted by Gasteiger charge is 2.11. The lowest BCUT2D eigenvalue weighted by atomic mass is 10.0. The van der Waals surface area contributed by atoms with Crippen molar-refractivity contribution in [3.63, 3.8) is 0 Å². The molecule has 3 rings (SSSR count). The number of fused-ring (bicyclic) bond motifs is 1. The Hall–Kier alpha value is -1.65. The molecule has 3 nitrogen and oxygen atoms in total. The third-order valence-electron chi connectivity index (χ3n) is 3.32. The molecule has 0 aliphatic heterocycles. The molecule has 0 spiro atoms. The van der Waals surface area contributed by atoms with E-state index in [2.05, 4.69) is 53.0 Å². The zero-order valence-electron chi connectivity index (χ0n) is 11.2. The number of hydrogen-bond acceptors (Lipinski definition) is 3. The maximum atomic E-state index is 5.60. The maximum absolute atomic E-state index is 5.60. The summed E-state index contributed by atoms with van der Waals surface area (Å²) in [6.07, 6.45) is 2.94. The second kappa shape index (κ2) is 4.79. The lowest BCUT2D eigenvalue weighted by molar-refractivity contribution is 0.937. The lowest BCUT2D eigenvalue weighted by Gasteiger charge is -2.05. The third kappa shape index (κ3) is 2.17. The van der Waals surface area contributed by atoms with Crippen molar-refractivity contribution in [2.75, 3.05) is 6.54 Å². The molecule has 0 radical (unpaired) electrons. The summed E-state index contributed by atoms with van der Waals surface area (Å²) in [6, 6.07) is 6.56. The van der Waals surface area contributed by atoms with E-state index in [1.54, 1.807) is 11.3 Å². The summed E-state index contributed by atoms with van der Waals surface area (Å²) in [7, 11) is 0. The van der Waals surface area contributed by atoms with Crippen LogP contribution in [0.2, 0.25) is 0 Å². The van der Waals surface area contributed by atoms with E-state index in [1.165, 1.54) is 22.4 Å². The van der Waals surface area contributed by atoms with Gasteiger partial charge in [-0.3, -0.25) is 4.40 Å². The molecule has 2 heterocycles. The molecule has 19 heavy (non-hydrogen) atoms. The summed E-state index contributed by atoms with van der Waals surface area (Å²) in [6.45, 7) is 4.92. The minimum atomic E-state index is 0.643. The highest BCUT2D eigenvalue weighted by molar-refractivity contribution is 7.15. The molecule has 0 fully saturated rings. The Morgan fingerprint density at radius 2 is 2.16 bits per heavy atom. The lowest BCUT2D eigenvalue weighted by Crippen LogP contribution is -2.02. The van der Waals surface area contributed by atoms with Crippen LogP contribution in [0, 0.1) is 13.8 Å². The van der Waals surface area contributed by atoms with Crippen LogP contribution < -0.4 is 5.73 Å². The molecule has 1 aromatic carbocycles. The average molecular weight is 271 g/mol. The quantitative estimate of drug-likeness (QED) is 0.795. The van der Waals surface area contributed by atoms with Crippen LogP contribution in [-0.4, -0.2) is 15.9 Å². The third-order valence-corrected chi connectivity index (χ3v) is 4.16. The van der Waals surface area contributed by atoms with Crippen molar-refractivity contribution in [3.05, 3.63) is 46.6 Å². The van der Waals surface area contributed by atoms with Crippen LogP contribution in [0.4, 0.5) is 0 Å². The fraction of sp³-hybridized carbons (Fsp3) is 0.267. The Morgan fingerprint density at radius 3 is 2.89 bits per heavy atom. The van der Waals surface area contributed by atoms with Gasteiger partial charge in [0.25, 0.3) is 0 Å². The molecule has 0 aliphatic carbocycles. The Labute approximate surface area is 116 Å². The van der Waals surface area contributed by atoms with Gasteiger partial charge < -0.3 is 5.73 Å². The van der Waals surface area contributed by atoms with Crippen LogP contribution in [0.25, 0.3) is 16.2 Å². The van der Waals surface area contributed by atoms with Gasteiger partial charge in [0, 0.05) is 23.6 Å². The fourth-order valence-corrected chi connectivity index (χ4v) is 3.29. The largest absolute Gasteiger partial charge is 0.330 e. The number of aryl methyl sites for hydroxylation is 2. The van der Waals surface area contributed by atoms with Crippen molar-refractivity contribution in [2.45, 2.75) is 20.3 Å². The Balaban J connectivity index is 2.13. The van der Waals surface area contributed by atoms with E-state index < -0.39 is 0 Å². The SMILES string of the molecule is Cc1ccc(-c2csc3nc(CCN)cn23)c(C)c1. The fourth-order valence-electron chi connectivity index (χ4n) is 2.39. The molecule has 2 aromatic heterocycles. The van der Waals surface area contributed by atoms with E-state index in [-0.39, 0.29) is 0 Å². The van der Waals surface area contributed by atoms with Crippen LogP contribution >= 0.6 is 11.3 Å². The van der Waals surface area contributed by atoms with E-state index in [0.29, 0.717) is 6.54 Å². The number of aromatic nitrogens is 2. The zero-order valence-corrected chi connectivity index (χ0v) is 12.0. The van der Waals surface area contributed by atoms with Crippen LogP contribution in [0.15, 0.2) is 29.8 Å². The van der Waals surface area contributed by atoms with E-state index >= 15 is 0 Å². The number of benzene rings is 1. The van der Waals surface area contributed by atoms with Gasteiger partial charge in [0.1, 0.15) is 0 Å². The Kier molecular flexibility index (Phi) is 3.12. The molecule has 0 atom stereocenters. The molecule has 0 aliphatic rings. The van der Waals surface area contributed by atoms with Gasteiger partial charge in [-0.25, -0.2) is 4.98 Å². The number of nitrogens with two attached hydrogens (primary N) is 1. The molecule has 0 saturated heterocycles. The Morgan fingerprint density at radius 1 is 1.32 bits per heavy atom. The van der Waals surface area contributed by atoms with E-state index in [9.17, 15) is 0 Å². The van der Waals surface area contributed by atoms with Gasteiger partial charge in [0.05, 0.1) is 11.4 Å². The van der Waals surface area contributed by atoms with Gasteiger partial charge in [-0.2, -0.15) is 0 Å². The number of hydrogen-bond donors (Lipinski definition) is 1. The standard InChI is InChI=1S/C15H17N3S/c1-10-3-4-13(11(2)7-10)14-9-19-15-17-12(5-6-16)8-18(14)15/h3-4,7-9H,5-6,16H2,1-2H3. The monoisotopic (exact) mass is 271 g/mol. The first-order chi connectivity index (χ1) is 9.19. The molecule has 4 heteroatoms. The highest BCUT2D eigenvalue weighted by atomic mass is 32.1. The minimum Gasteiger partial charge on any atom is -0.330 e. The van der Waals surface area contributed by atoms with Gasteiger partial charge in [0.2, 0.25) is 0 Å². The van der Waals surface area contributed by atoms with E-state index in [4.69, 9.17) is 5.73 Å². The predicted octanol–water partition coefficient (Wildman–Crippen LogP) is 3.18. The normalized spacial score (nSPS) is 11.3.